The topological polar surface area (TPSA) is 65.1 Å². The largest absolute Gasteiger partial charge is 0.383 e. The molecule has 0 unspecified atom stereocenters. The van der Waals surface area contributed by atoms with Crippen LogP contribution >= 0.6 is 0 Å². The van der Waals surface area contributed by atoms with Crippen LogP contribution < -0.4 is 5.32 Å². The number of amides is 3. The lowest BCUT2D eigenvalue weighted by Crippen LogP contribution is -2.53. The molecule has 1 N–H and O–H groups in total. The minimum atomic E-state index is 0.00179. The van der Waals surface area contributed by atoms with E-state index in [1.165, 1.54) is 0 Å². The first-order chi connectivity index (χ1) is 9.43. The smallest absolute Gasteiger partial charge is 0.319 e. The van der Waals surface area contributed by atoms with Crippen molar-refractivity contribution < 1.29 is 14.3 Å². The number of rotatable bonds is 5. The molecule has 7 heteroatoms. The van der Waals surface area contributed by atoms with E-state index >= 15 is 0 Å². The quantitative estimate of drug-likeness (QED) is 0.735. The number of carbonyl (C=O) groups is 2. The van der Waals surface area contributed by atoms with Crippen LogP contribution in [0.1, 0.15) is 6.92 Å². The first-order valence-electron chi connectivity index (χ1n) is 6.91. The van der Waals surface area contributed by atoms with Crippen LogP contribution in [-0.2, 0) is 9.53 Å². The number of nitrogens with zero attached hydrogens (tertiary/aromatic N) is 3. The van der Waals surface area contributed by atoms with Gasteiger partial charge >= 0.3 is 6.03 Å². The van der Waals surface area contributed by atoms with Gasteiger partial charge in [-0.3, -0.25) is 9.69 Å². The summed E-state index contributed by atoms with van der Waals surface area (Å²) in [6.45, 7) is 5.58. The third kappa shape index (κ3) is 5.34. The number of methoxy groups -OCH3 is 1. The second kappa shape index (κ2) is 8.06. The van der Waals surface area contributed by atoms with Gasteiger partial charge in [0.2, 0.25) is 5.91 Å². The SMILES string of the molecule is COC[C@H](C)NC(=O)CN1CCN(C(=O)N(C)C)CC1. The summed E-state index contributed by atoms with van der Waals surface area (Å²) < 4.78 is 4.98. The van der Waals surface area contributed by atoms with Gasteiger partial charge in [0.25, 0.3) is 0 Å². The second-order valence-electron chi connectivity index (χ2n) is 5.36. The Balaban J connectivity index is 2.28. The zero-order valence-electron chi connectivity index (χ0n) is 12.9. The van der Waals surface area contributed by atoms with Crippen molar-refractivity contribution in [2.24, 2.45) is 0 Å². The fraction of sp³-hybridized carbons (Fsp3) is 0.846. The van der Waals surface area contributed by atoms with Crippen LogP contribution in [0, 0.1) is 0 Å². The fourth-order valence-corrected chi connectivity index (χ4v) is 2.20. The molecule has 0 aromatic heterocycles. The molecule has 0 saturated carbocycles. The van der Waals surface area contributed by atoms with E-state index in [9.17, 15) is 9.59 Å². The molecule has 7 nitrogen and oxygen atoms in total. The summed E-state index contributed by atoms with van der Waals surface area (Å²) in [5, 5.41) is 2.89. The minimum Gasteiger partial charge on any atom is -0.383 e. The summed E-state index contributed by atoms with van der Waals surface area (Å²) in [4.78, 5) is 29.1. The Kier molecular flexibility index (Phi) is 6.74. The highest BCUT2D eigenvalue weighted by molar-refractivity contribution is 5.78. The molecule has 1 aliphatic rings. The van der Waals surface area contributed by atoms with Crippen LogP contribution in [-0.4, -0.2) is 93.2 Å². The lowest BCUT2D eigenvalue weighted by Gasteiger charge is -2.35. The van der Waals surface area contributed by atoms with Crippen molar-refractivity contribution >= 4 is 11.9 Å². The van der Waals surface area contributed by atoms with Gasteiger partial charge < -0.3 is 19.9 Å². The van der Waals surface area contributed by atoms with Crippen LogP contribution in [0.2, 0.25) is 0 Å². The van der Waals surface area contributed by atoms with Crippen molar-refractivity contribution in [3.05, 3.63) is 0 Å². The number of ether oxygens (including phenoxy) is 1. The van der Waals surface area contributed by atoms with Gasteiger partial charge in [-0.15, -0.1) is 0 Å². The standard InChI is InChI=1S/C13H26N4O3/c1-11(10-20-4)14-12(18)9-16-5-7-17(8-6-16)13(19)15(2)3/h11H,5-10H2,1-4H3,(H,14,18)/t11-/m0/s1. The summed E-state index contributed by atoms with van der Waals surface area (Å²) in [7, 11) is 5.11. The van der Waals surface area contributed by atoms with Crippen LogP contribution in [0.25, 0.3) is 0 Å². The van der Waals surface area contributed by atoms with E-state index in [0.29, 0.717) is 26.2 Å². The maximum absolute atomic E-state index is 11.8. The zero-order chi connectivity index (χ0) is 15.1. The van der Waals surface area contributed by atoms with E-state index in [-0.39, 0.29) is 18.0 Å². The summed E-state index contributed by atoms with van der Waals surface area (Å²) in [5.41, 5.74) is 0. The van der Waals surface area contributed by atoms with Gasteiger partial charge in [0.15, 0.2) is 0 Å². The normalized spacial score (nSPS) is 17.7. The Morgan fingerprint density at radius 3 is 2.35 bits per heavy atom. The van der Waals surface area contributed by atoms with E-state index in [4.69, 9.17) is 4.74 Å². The monoisotopic (exact) mass is 286 g/mol. The van der Waals surface area contributed by atoms with Crippen molar-refractivity contribution in [2.75, 3.05) is 60.5 Å². The maximum atomic E-state index is 11.8. The molecule has 0 aromatic carbocycles. The minimum absolute atomic E-state index is 0.00179. The average Bonchev–Trinajstić information content (AvgIpc) is 2.38. The van der Waals surface area contributed by atoms with Gasteiger partial charge in [0, 0.05) is 53.4 Å². The Hall–Kier alpha value is -1.34. The number of carbonyl (C=O) groups excluding carboxylic acids is 2. The molecule has 20 heavy (non-hydrogen) atoms. The molecule has 3 amide bonds. The molecule has 0 bridgehead atoms. The lowest BCUT2D eigenvalue weighted by atomic mass is 10.3. The van der Waals surface area contributed by atoms with Crippen LogP contribution in [0.5, 0.6) is 0 Å². The Morgan fingerprint density at radius 2 is 1.85 bits per heavy atom. The first kappa shape index (κ1) is 16.7. The average molecular weight is 286 g/mol. The van der Waals surface area contributed by atoms with Gasteiger partial charge in [-0.05, 0) is 6.92 Å². The van der Waals surface area contributed by atoms with Gasteiger partial charge in [0.1, 0.15) is 0 Å². The second-order valence-corrected chi connectivity index (χ2v) is 5.36. The van der Waals surface area contributed by atoms with E-state index in [0.717, 1.165) is 13.1 Å². The van der Waals surface area contributed by atoms with Gasteiger partial charge in [-0.1, -0.05) is 0 Å². The number of hydrogen-bond acceptors (Lipinski definition) is 4. The summed E-state index contributed by atoms with van der Waals surface area (Å²) in [6, 6.07) is 0.0481. The Labute approximate surface area is 120 Å². The van der Waals surface area contributed by atoms with Crippen molar-refractivity contribution in [1.29, 1.82) is 0 Å². The summed E-state index contributed by atoms with van der Waals surface area (Å²) in [5.74, 6) is 0.00179. The highest BCUT2D eigenvalue weighted by Crippen LogP contribution is 2.03. The van der Waals surface area contributed by atoms with Crippen LogP contribution in [0.4, 0.5) is 4.79 Å². The molecule has 0 aromatic rings. The molecule has 1 atom stereocenters. The Morgan fingerprint density at radius 1 is 1.25 bits per heavy atom. The number of urea groups is 1. The number of piperazine rings is 1. The summed E-state index contributed by atoms with van der Waals surface area (Å²) >= 11 is 0. The summed E-state index contributed by atoms with van der Waals surface area (Å²) in [6.07, 6.45) is 0. The third-order valence-electron chi connectivity index (χ3n) is 3.22. The molecule has 0 aliphatic carbocycles. The molecule has 1 rings (SSSR count). The van der Waals surface area contributed by atoms with Crippen molar-refractivity contribution in [1.82, 2.24) is 20.0 Å². The third-order valence-corrected chi connectivity index (χ3v) is 3.22. The van der Waals surface area contributed by atoms with Crippen molar-refractivity contribution in [3.8, 4) is 0 Å². The highest BCUT2D eigenvalue weighted by Gasteiger charge is 2.23. The molecule has 1 fully saturated rings. The molecule has 0 radical (unpaired) electrons. The van der Waals surface area contributed by atoms with Crippen molar-refractivity contribution in [2.45, 2.75) is 13.0 Å². The predicted molar refractivity (Wildman–Crippen MR) is 76.6 cm³/mol. The molecule has 1 saturated heterocycles. The molecule has 1 aliphatic heterocycles. The zero-order valence-corrected chi connectivity index (χ0v) is 12.9. The molecule has 1 heterocycles. The predicted octanol–water partition coefficient (Wildman–Crippen LogP) is -0.563. The highest BCUT2D eigenvalue weighted by atomic mass is 16.5. The van der Waals surface area contributed by atoms with Crippen LogP contribution in [0.3, 0.4) is 0 Å². The number of nitrogens with one attached hydrogen (secondary N) is 1. The molecule has 116 valence electrons. The first-order valence-corrected chi connectivity index (χ1v) is 6.91. The van der Waals surface area contributed by atoms with Crippen molar-refractivity contribution in [3.63, 3.8) is 0 Å². The molecule has 0 spiro atoms. The Bertz CT molecular complexity index is 328. The lowest BCUT2D eigenvalue weighted by molar-refractivity contribution is -0.123. The van der Waals surface area contributed by atoms with Gasteiger partial charge in [-0.25, -0.2) is 4.79 Å². The maximum Gasteiger partial charge on any atom is 0.319 e. The van der Waals surface area contributed by atoms with E-state index in [1.807, 2.05) is 11.8 Å². The van der Waals surface area contributed by atoms with Gasteiger partial charge in [0.05, 0.1) is 13.2 Å². The molecular weight excluding hydrogens is 260 g/mol. The number of hydrogen-bond donors (Lipinski definition) is 1. The van der Waals surface area contributed by atoms with E-state index in [2.05, 4.69) is 10.2 Å². The fourth-order valence-electron chi connectivity index (χ4n) is 2.20. The van der Waals surface area contributed by atoms with E-state index in [1.54, 1.807) is 26.1 Å². The molecular formula is C13H26N4O3. The van der Waals surface area contributed by atoms with E-state index < -0.39 is 0 Å². The van der Waals surface area contributed by atoms with Crippen LogP contribution in [0.15, 0.2) is 0 Å². The van der Waals surface area contributed by atoms with Gasteiger partial charge in [-0.2, -0.15) is 0 Å².